The molecular formula is C19H32O5. The van der Waals surface area contributed by atoms with E-state index in [2.05, 4.69) is 4.74 Å². The molecule has 0 bridgehead atoms. The highest BCUT2D eigenvalue weighted by atomic mass is 16.5. The summed E-state index contributed by atoms with van der Waals surface area (Å²) in [4.78, 5) is 11.0. The zero-order valence-corrected chi connectivity index (χ0v) is 15.0. The van der Waals surface area contributed by atoms with Crippen LogP contribution in [-0.2, 0) is 9.53 Å². The minimum absolute atomic E-state index is 0.0548. The van der Waals surface area contributed by atoms with E-state index in [0.717, 1.165) is 12.8 Å². The third kappa shape index (κ3) is 6.75. The number of allylic oxidation sites excluding steroid dienone is 2. The van der Waals surface area contributed by atoms with Crippen molar-refractivity contribution in [1.82, 2.24) is 0 Å². The molecule has 1 aliphatic rings. The second-order valence-corrected chi connectivity index (χ2v) is 6.86. The number of carbonyl (C=O) groups is 1. The Hall–Kier alpha value is -1.17. The first-order valence-electron chi connectivity index (χ1n) is 8.80. The molecule has 0 spiro atoms. The van der Waals surface area contributed by atoms with Gasteiger partial charge < -0.3 is 20.1 Å². The first kappa shape index (κ1) is 20.9. The van der Waals surface area contributed by atoms with Crippen molar-refractivity contribution in [3.63, 3.8) is 0 Å². The average molecular weight is 340 g/mol. The van der Waals surface area contributed by atoms with E-state index in [4.69, 9.17) is 0 Å². The number of hydrogen-bond donors (Lipinski definition) is 3. The summed E-state index contributed by atoms with van der Waals surface area (Å²) >= 11 is 0. The van der Waals surface area contributed by atoms with Gasteiger partial charge in [0.1, 0.15) is 0 Å². The average Bonchev–Trinajstić information content (AvgIpc) is 2.81. The second-order valence-electron chi connectivity index (χ2n) is 6.86. The fourth-order valence-corrected chi connectivity index (χ4v) is 2.98. The molecule has 0 aliphatic heterocycles. The van der Waals surface area contributed by atoms with Crippen LogP contribution in [0.25, 0.3) is 0 Å². The number of carbonyl (C=O) groups excluding carboxylic acids is 1. The highest BCUT2D eigenvalue weighted by Gasteiger charge is 2.39. The van der Waals surface area contributed by atoms with Crippen LogP contribution in [0.1, 0.15) is 52.4 Å². The van der Waals surface area contributed by atoms with Crippen LogP contribution in [0.2, 0.25) is 0 Å². The third-order valence-electron chi connectivity index (χ3n) is 4.86. The molecule has 24 heavy (non-hydrogen) atoms. The quantitative estimate of drug-likeness (QED) is 0.341. The Balaban J connectivity index is 2.52. The number of aliphatic hydroxyl groups is 3. The topological polar surface area (TPSA) is 87.0 Å². The molecule has 5 nitrogen and oxygen atoms in total. The number of hydrogen-bond acceptors (Lipinski definition) is 5. The molecule has 138 valence electrons. The predicted octanol–water partition coefficient (Wildman–Crippen LogP) is 2.35. The van der Waals surface area contributed by atoms with Crippen molar-refractivity contribution >= 4 is 5.97 Å². The summed E-state index contributed by atoms with van der Waals surface area (Å²) in [6.45, 7) is 3.64. The minimum atomic E-state index is -0.887. The number of aliphatic hydroxyl groups excluding tert-OH is 2. The maximum atomic E-state index is 11.0. The summed E-state index contributed by atoms with van der Waals surface area (Å²) in [5, 5.41) is 30.4. The lowest BCUT2D eigenvalue weighted by molar-refractivity contribution is -0.140. The molecule has 0 aromatic heterocycles. The van der Waals surface area contributed by atoms with E-state index in [1.54, 1.807) is 13.0 Å². The van der Waals surface area contributed by atoms with E-state index >= 15 is 0 Å². The maximum Gasteiger partial charge on any atom is 0.305 e. The van der Waals surface area contributed by atoms with E-state index in [1.807, 2.05) is 25.2 Å². The molecule has 0 radical (unpaired) electrons. The molecule has 1 rings (SSSR count). The molecule has 5 atom stereocenters. The van der Waals surface area contributed by atoms with Gasteiger partial charge in [-0.25, -0.2) is 0 Å². The fraction of sp³-hybridized carbons (Fsp3) is 0.737. The van der Waals surface area contributed by atoms with Gasteiger partial charge in [0.2, 0.25) is 0 Å². The van der Waals surface area contributed by atoms with Gasteiger partial charge in [0, 0.05) is 18.8 Å². The van der Waals surface area contributed by atoms with E-state index in [0.29, 0.717) is 25.7 Å². The van der Waals surface area contributed by atoms with E-state index in [9.17, 15) is 20.1 Å². The number of methoxy groups -OCH3 is 1. The minimum Gasteiger partial charge on any atom is -0.469 e. The molecule has 3 N–H and O–H groups in total. The number of unbranched alkanes of at least 4 members (excludes halogenated alkanes) is 1. The van der Waals surface area contributed by atoms with Crippen LogP contribution in [0.3, 0.4) is 0 Å². The summed E-state index contributed by atoms with van der Waals surface area (Å²) < 4.78 is 4.59. The summed E-state index contributed by atoms with van der Waals surface area (Å²) in [5.74, 6) is -0.413. The lowest BCUT2D eigenvalue weighted by atomic mass is 9.88. The number of esters is 1. The smallest absolute Gasteiger partial charge is 0.305 e. The lowest BCUT2D eigenvalue weighted by Crippen LogP contribution is -2.23. The number of ether oxygens (including phenoxy) is 1. The van der Waals surface area contributed by atoms with Gasteiger partial charge in [0.25, 0.3) is 0 Å². The van der Waals surface area contributed by atoms with Gasteiger partial charge in [-0.05, 0) is 38.5 Å². The van der Waals surface area contributed by atoms with Gasteiger partial charge in [-0.3, -0.25) is 4.79 Å². The monoisotopic (exact) mass is 340 g/mol. The van der Waals surface area contributed by atoms with Crippen LogP contribution < -0.4 is 0 Å². The van der Waals surface area contributed by atoms with Gasteiger partial charge in [0.15, 0.2) is 0 Å². The van der Waals surface area contributed by atoms with E-state index in [-0.39, 0.29) is 17.8 Å². The second kappa shape index (κ2) is 9.97. The molecular weight excluding hydrogens is 308 g/mol. The van der Waals surface area contributed by atoms with Crippen molar-refractivity contribution in [2.45, 2.75) is 70.2 Å². The van der Waals surface area contributed by atoms with Crippen molar-refractivity contribution in [3.05, 3.63) is 24.3 Å². The highest BCUT2D eigenvalue weighted by Crippen LogP contribution is 2.36. The molecule has 0 amide bonds. The molecule has 1 aliphatic carbocycles. The molecule has 1 fully saturated rings. The van der Waals surface area contributed by atoms with Crippen molar-refractivity contribution in [3.8, 4) is 0 Å². The van der Waals surface area contributed by atoms with Crippen LogP contribution >= 0.6 is 0 Å². The summed E-state index contributed by atoms with van der Waals surface area (Å²) in [6, 6.07) is 0. The van der Waals surface area contributed by atoms with Gasteiger partial charge in [-0.2, -0.15) is 0 Å². The Labute approximate surface area is 145 Å². The molecule has 0 unspecified atom stereocenters. The van der Waals surface area contributed by atoms with Crippen molar-refractivity contribution in [2.24, 2.45) is 11.8 Å². The third-order valence-corrected chi connectivity index (χ3v) is 4.86. The maximum absolute atomic E-state index is 11.0. The Bertz CT molecular complexity index is 441. The van der Waals surface area contributed by atoms with Crippen LogP contribution in [0.5, 0.6) is 0 Å². The Morgan fingerprint density at radius 1 is 1.29 bits per heavy atom. The molecule has 0 aromatic rings. The zero-order chi connectivity index (χ0) is 18.2. The Morgan fingerprint density at radius 2 is 2.00 bits per heavy atom. The highest BCUT2D eigenvalue weighted by molar-refractivity contribution is 5.69. The first-order chi connectivity index (χ1) is 11.3. The normalized spacial score (nSPS) is 30.1. The molecule has 1 saturated carbocycles. The fourth-order valence-electron chi connectivity index (χ4n) is 2.98. The van der Waals surface area contributed by atoms with Crippen LogP contribution in [0.4, 0.5) is 0 Å². The van der Waals surface area contributed by atoms with Gasteiger partial charge in [-0.15, -0.1) is 0 Å². The van der Waals surface area contributed by atoms with Gasteiger partial charge >= 0.3 is 5.97 Å². The molecule has 0 aromatic carbocycles. The van der Waals surface area contributed by atoms with Crippen molar-refractivity contribution < 1.29 is 24.9 Å². The van der Waals surface area contributed by atoms with Gasteiger partial charge in [-0.1, -0.05) is 31.2 Å². The Morgan fingerprint density at radius 3 is 2.62 bits per heavy atom. The largest absolute Gasteiger partial charge is 0.469 e. The number of rotatable bonds is 9. The van der Waals surface area contributed by atoms with Crippen molar-refractivity contribution in [1.29, 1.82) is 0 Å². The Kier molecular flexibility index (Phi) is 8.67. The molecule has 0 heterocycles. The molecule has 5 heteroatoms. The summed E-state index contributed by atoms with van der Waals surface area (Å²) in [5.41, 5.74) is -0.887. The van der Waals surface area contributed by atoms with Crippen LogP contribution in [-0.4, -0.2) is 46.2 Å². The summed E-state index contributed by atoms with van der Waals surface area (Å²) in [7, 11) is 1.38. The summed E-state index contributed by atoms with van der Waals surface area (Å²) in [6.07, 6.45) is 10.0. The van der Waals surface area contributed by atoms with E-state index < -0.39 is 17.8 Å². The van der Waals surface area contributed by atoms with Gasteiger partial charge in [0.05, 0.1) is 24.9 Å². The van der Waals surface area contributed by atoms with Crippen LogP contribution in [0.15, 0.2) is 24.3 Å². The van der Waals surface area contributed by atoms with Crippen LogP contribution in [0, 0.1) is 11.8 Å². The standard InChI is InChI=1S/C19H32O5/c1-4-19(2,23)12-11-15-14(16(20)13-17(15)21)9-7-5-6-8-10-18(22)24-3/h5,7,11-12,14-17,20-21,23H,4,6,8-10,13H2,1-3H3/b7-5-,12-11+/t14-,15-,16+,17-,19+/m1/s1. The van der Waals surface area contributed by atoms with E-state index in [1.165, 1.54) is 7.11 Å². The SMILES string of the molecule is CC[C@](C)(O)/C=C/[C@@H]1[C@@H](C/C=C\CCCC(=O)OC)[C@@H](O)C[C@H]1O. The lowest BCUT2D eigenvalue weighted by Gasteiger charge is -2.22. The van der Waals surface area contributed by atoms with Crippen molar-refractivity contribution in [2.75, 3.05) is 7.11 Å². The predicted molar refractivity (Wildman–Crippen MR) is 93.3 cm³/mol. The zero-order valence-electron chi connectivity index (χ0n) is 15.0. The first-order valence-corrected chi connectivity index (χ1v) is 8.80. The molecule has 0 saturated heterocycles.